The van der Waals surface area contributed by atoms with E-state index in [9.17, 15) is 9.90 Å². The molecule has 2 rings (SSSR count). The standard InChI is InChI=1S/C22H33N3O2/c1-2-3-4-5-6-7-8-9-10-11-12-17-20(26)24-25-21-18-15-13-14-16-19(18)23-22(21)27/h13-16,23,27H,2-12,17H2,1H3. The molecule has 148 valence electrons. The van der Waals surface area contributed by atoms with Gasteiger partial charge in [0.2, 0.25) is 5.88 Å². The fourth-order valence-electron chi connectivity index (χ4n) is 3.31. The Hall–Kier alpha value is -2.17. The van der Waals surface area contributed by atoms with Gasteiger partial charge in [-0.2, -0.15) is 0 Å². The zero-order valence-corrected chi connectivity index (χ0v) is 16.5. The molecule has 0 aliphatic heterocycles. The minimum atomic E-state index is -0.226. The summed E-state index contributed by atoms with van der Waals surface area (Å²) in [5.74, 6) is -0.280. The van der Waals surface area contributed by atoms with Crippen LogP contribution in [0, 0.1) is 0 Å². The van der Waals surface area contributed by atoms with Crippen molar-refractivity contribution >= 4 is 22.5 Å². The van der Waals surface area contributed by atoms with Crippen molar-refractivity contribution in [2.45, 2.75) is 84.0 Å². The number of nitrogens with zero attached hydrogens (tertiary/aromatic N) is 2. The fraction of sp³-hybridized carbons (Fsp3) is 0.591. The van der Waals surface area contributed by atoms with Gasteiger partial charge >= 0.3 is 0 Å². The molecule has 27 heavy (non-hydrogen) atoms. The second-order valence-electron chi connectivity index (χ2n) is 7.25. The van der Waals surface area contributed by atoms with E-state index in [1.54, 1.807) is 0 Å². The van der Waals surface area contributed by atoms with Crippen molar-refractivity contribution in [3.05, 3.63) is 24.3 Å². The molecular formula is C22H33N3O2. The van der Waals surface area contributed by atoms with Gasteiger partial charge in [0, 0.05) is 11.8 Å². The number of aromatic nitrogens is 1. The molecule has 0 unspecified atom stereocenters. The molecule has 0 spiro atoms. The molecule has 2 aromatic rings. The van der Waals surface area contributed by atoms with Gasteiger partial charge in [-0.1, -0.05) is 89.3 Å². The summed E-state index contributed by atoms with van der Waals surface area (Å²) >= 11 is 0. The molecule has 1 aromatic heterocycles. The molecule has 1 heterocycles. The zero-order valence-electron chi connectivity index (χ0n) is 16.5. The van der Waals surface area contributed by atoms with Crippen LogP contribution >= 0.6 is 0 Å². The van der Waals surface area contributed by atoms with Crippen LogP contribution in [0.25, 0.3) is 10.9 Å². The molecular weight excluding hydrogens is 338 g/mol. The average Bonchev–Trinajstić information content (AvgIpc) is 2.99. The number of fused-ring (bicyclic) bond motifs is 1. The van der Waals surface area contributed by atoms with Crippen LogP contribution < -0.4 is 0 Å². The van der Waals surface area contributed by atoms with E-state index >= 15 is 0 Å². The maximum absolute atomic E-state index is 11.9. The lowest BCUT2D eigenvalue weighted by Gasteiger charge is -2.01. The van der Waals surface area contributed by atoms with Crippen LogP contribution in [-0.2, 0) is 4.79 Å². The summed E-state index contributed by atoms with van der Waals surface area (Å²) in [7, 11) is 0. The third-order valence-electron chi connectivity index (χ3n) is 4.92. The number of aromatic amines is 1. The van der Waals surface area contributed by atoms with Crippen LogP contribution in [0.1, 0.15) is 84.0 Å². The molecule has 0 saturated heterocycles. The number of unbranched alkanes of at least 4 members (excludes halogenated alkanes) is 10. The van der Waals surface area contributed by atoms with Gasteiger partial charge < -0.3 is 10.1 Å². The normalized spacial score (nSPS) is 11.6. The minimum absolute atomic E-state index is 0.0533. The third-order valence-corrected chi connectivity index (χ3v) is 4.92. The van der Waals surface area contributed by atoms with Crippen LogP contribution in [-0.4, -0.2) is 16.0 Å². The van der Waals surface area contributed by atoms with E-state index in [1.807, 2.05) is 24.3 Å². The maximum atomic E-state index is 11.9. The molecule has 0 atom stereocenters. The Balaban J connectivity index is 1.57. The number of amides is 1. The maximum Gasteiger partial charge on any atom is 0.264 e. The summed E-state index contributed by atoms with van der Waals surface area (Å²) in [5.41, 5.74) is 1.11. The van der Waals surface area contributed by atoms with E-state index in [1.165, 1.54) is 57.8 Å². The Morgan fingerprint density at radius 3 is 2.19 bits per heavy atom. The predicted molar refractivity (Wildman–Crippen MR) is 111 cm³/mol. The first kappa shape index (κ1) is 21.1. The summed E-state index contributed by atoms with van der Waals surface area (Å²) in [6.45, 7) is 2.25. The lowest BCUT2D eigenvalue weighted by Crippen LogP contribution is -1.91. The summed E-state index contributed by atoms with van der Waals surface area (Å²) in [6, 6.07) is 7.42. The number of benzene rings is 1. The van der Waals surface area contributed by atoms with E-state index in [0.29, 0.717) is 12.1 Å². The van der Waals surface area contributed by atoms with Gasteiger partial charge in [0.15, 0.2) is 5.69 Å². The van der Waals surface area contributed by atoms with Gasteiger partial charge in [0.25, 0.3) is 5.91 Å². The van der Waals surface area contributed by atoms with Gasteiger partial charge in [-0.05, 0) is 12.5 Å². The Labute approximate surface area is 162 Å². The number of H-pyrrole nitrogens is 1. The average molecular weight is 372 g/mol. The summed E-state index contributed by atoms with van der Waals surface area (Å²) in [4.78, 5) is 14.7. The molecule has 0 fully saturated rings. The van der Waals surface area contributed by atoms with Gasteiger partial charge in [0.1, 0.15) is 0 Å². The number of hydrogen-bond acceptors (Lipinski definition) is 3. The highest BCUT2D eigenvalue weighted by Gasteiger charge is 2.10. The molecule has 0 radical (unpaired) electrons. The van der Waals surface area contributed by atoms with Gasteiger partial charge in [-0.25, -0.2) is 0 Å². The molecule has 2 N–H and O–H groups in total. The van der Waals surface area contributed by atoms with Crippen molar-refractivity contribution in [2.75, 3.05) is 0 Å². The van der Waals surface area contributed by atoms with E-state index in [4.69, 9.17) is 0 Å². The number of carbonyl (C=O) groups is 1. The van der Waals surface area contributed by atoms with Gasteiger partial charge in [-0.15, -0.1) is 10.2 Å². The van der Waals surface area contributed by atoms with Crippen molar-refractivity contribution in [1.82, 2.24) is 4.98 Å². The molecule has 0 saturated carbocycles. The number of para-hydroxylation sites is 1. The zero-order chi connectivity index (χ0) is 19.3. The van der Waals surface area contributed by atoms with Gasteiger partial charge in [0.05, 0.1) is 5.52 Å². The van der Waals surface area contributed by atoms with Crippen LogP contribution in [0.2, 0.25) is 0 Å². The monoisotopic (exact) mass is 371 g/mol. The number of nitrogens with one attached hydrogen (secondary N) is 1. The topological polar surface area (TPSA) is 77.8 Å². The summed E-state index contributed by atoms with van der Waals surface area (Å²) < 4.78 is 0. The van der Waals surface area contributed by atoms with E-state index < -0.39 is 0 Å². The molecule has 1 aromatic carbocycles. The highest BCUT2D eigenvalue weighted by Crippen LogP contribution is 2.35. The lowest BCUT2D eigenvalue weighted by molar-refractivity contribution is -0.118. The van der Waals surface area contributed by atoms with Crippen molar-refractivity contribution in [1.29, 1.82) is 0 Å². The first-order valence-corrected chi connectivity index (χ1v) is 10.5. The number of hydrogen-bond donors (Lipinski definition) is 2. The number of aromatic hydroxyl groups is 1. The Bertz CT molecular complexity index is 721. The van der Waals surface area contributed by atoms with Crippen LogP contribution in [0.4, 0.5) is 5.69 Å². The molecule has 0 aliphatic rings. The highest BCUT2D eigenvalue weighted by molar-refractivity contribution is 5.94. The minimum Gasteiger partial charge on any atom is -0.493 e. The molecule has 5 nitrogen and oxygen atoms in total. The smallest absolute Gasteiger partial charge is 0.264 e. The first-order chi connectivity index (χ1) is 13.2. The van der Waals surface area contributed by atoms with Crippen molar-refractivity contribution in [3.8, 4) is 5.88 Å². The van der Waals surface area contributed by atoms with Crippen molar-refractivity contribution in [3.63, 3.8) is 0 Å². The molecule has 0 aliphatic carbocycles. The quantitative estimate of drug-likeness (QED) is 0.289. The third kappa shape index (κ3) is 7.53. The SMILES string of the molecule is CCCCCCCCCCCCCC(=O)N=Nc1c(O)[nH]c2ccccc12. The largest absolute Gasteiger partial charge is 0.493 e. The number of azo groups is 1. The predicted octanol–water partition coefficient (Wildman–Crippen LogP) is 7.18. The fourth-order valence-corrected chi connectivity index (χ4v) is 3.31. The Kier molecular flexibility index (Phi) is 9.60. The van der Waals surface area contributed by atoms with E-state index in [-0.39, 0.29) is 11.8 Å². The van der Waals surface area contributed by atoms with Gasteiger partial charge in [-0.3, -0.25) is 4.79 Å². The lowest BCUT2D eigenvalue weighted by atomic mass is 10.1. The van der Waals surface area contributed by atoms with Crippen molar-refractivity contribution in [2.24, 2.45) is 10.2 Å². The van der Waals surface area contributed by atoms with Crippen LogP contribution in [0.15, 0.2) is 34.5 Å². The van der Waals surface area contributed by atoms with E-state index in [2.05, 4.69) is 22.1 Å². The first-order valence-electron chi connectivity index (χ1n) is 10.5. The summed E-state index contributed by atoms with van der Waals surface area (Å²) in [6.07, 6.45) is 14.2. The molecule has 0 bridgehead atoms. The Morgan fingerprint density at radius 2 is 1.52 bits per heavy atom. The van der Waals surface area contributed by atoms with E-state index in [0.717, 1.165) is 23.7 Å². The second-order valence-corrected chi connectivity index (χ2v) is 7.25. The second kappa shape index (κ2) is 12.3. The van der Waals surface area contributed by atoms with Crippen LogP contribution in [0.3, 0.4) is 0 Å². The Morgan fingerprint density at radius 1 is 0.926 bits per heavy atom. The molecule has 1 amide bonds. The highest BCUT2D eigenvalue weighted by atomic mass is 16.3. The van der Waals surface area contributed by atoms with Crippen molar-refractivity contribution < 1.29 is 9.90 Å². The number of rotatable bonds is 13. The summed E-state index contributed by atoms with van der Waals surface area (Å²) in [5, 5.41) is 18.4. The van der Waals surface area contributed by atoms with Crippen LogP contribution in [0.5, 0.6) is 5.88 Å². The molecule has 5 heteroatoms. The number of carbonyl (C=O) groups excluding carboxylic acids is 1.